The number of rotatable bonds is 3. The van der Waals surface area contributed by atoms with E-state index in [0.717, 1.165) is 41.6 Å². The zero-order valence-electron chi connectivity index (χ0n) is 13.5. The number of ether oxygens (including phenoxy) is 1. The Morgan fingerprint density at radius 2 is 2.04 bits per heavy atom. The van der Waals surface area contributed by atoms with Crippen molar-refractivity contribution in [3.05, 3.63) is 51.3 Å². The van der Waals surface area contributed by atoms with Crippen molar-refractivity contribution >= 4 is 5.97 Å². The summed E-state index contributed by atoms with van der Waals surface area (Å²) < 4.78 is 6.12. The molecule has 0 bridgehead atoms. The van der Waals surface area contributed by atoms with Crippen LogP contribution >= 0.6 is 0 Å². The molecule has 0 spiro atoms. The zero-order chi connectivity index (χ0) is 16.4. The largest absolute Gasteiger partial charge is 0.465 e. The number of esters is 1. The molecule has 5 nitrogen and oxygen atoms in total. The Labute approximate surface area is 134 Å². The molecule has 0 saturated heterocycles. The van der Waals surface area contributed by atoms with Crippen LogP contribution in [0.4, 0.5) is 0 Å². The van der Waals surface area contributed by atoms with Crippen molar-refractivity contribution < 1.29 is 9.53 Å². The average molecular weight is 312 g/mol. The molecule has 1 aliphatic carbocycles. The molecule has 3 rings (SSSR count). The van der Waals surface area contributed by atoms with E-state index in [1.54, 1.807) is 13.0 Å². The van der Waals surface area contributed by atoms with Gasteiger partial charge in [-0.05, 0) is 50.3 Å². The molecule has 0 unspecified atom stereocenters. The Morgan fingerprint density at radius 3 is 2.83 bits per heavy atom. The maximum atomic E-state index is 12.2. The fraction of sp³-hybridized carbons (Fsp3) is 0.389. The highest BCUT2D eigenvalue weighted by atomic mass is 16.5. The highest BCUT2D eigenvalue weighted by Gasteiger charge is 2.19. The van der Waals surface area contributed by atoms with Crippen LogP contribution < -0.4 is 5.56 Å². The Bertz CT molecular complexity index is 808. The molecule has 5 heteroatoms. The Kier molecular flexibility index (Phi) is 4.28. The van der Waals surface area contributed by atoms with Gasteiger partial charge in [0, 0.05) is 11.6 Å². The molecule has 0 amide bonds. The summed E-state index contributed by atoms with van der Waals surface area (Å²) >= 11 is 0. The molecule has 0 N–H and O–H groups in total. The first-order valence-corrected chi connectivity index (χ1v) is 7.95. The van der Waals surface area contributed by atoms with Crippen LogP contribution in [-0.2, 0) is 28.9 Å². The minimum Gasteiger partial charge on any atom is -0.465 e. The van der Waals surface area contributed by atoms with E-state index in [9.17, 15) is 9.59 Å². The third-order valence-corrected chi connectivity index (χ3v) is 4.07. The number of nitrogens with zero attached hydrogens (tertiary/aromatic N) is 2. The van der Waals surface area contributed by atoms with Crippen LogP contribution in [-0.4, -0.2) is 22.4 Å². The molecule has 1 aromatic heterocycles. The molecule has 0 aliphatic heterocycles. The predicted molar refractivity (Wildman–Crippen MR) is 87.3 cm³/mol. The first-order valence-electron chi connectivity index (χ1n) is 7.95. The molecule has 0 atom stereocenters. The van der Waals surface area contributed by atoms with E-state index in [1.807, 2.05) is 6.92 Å². The minimum absolute atomic E-state index is 0.152. The number of carbonyl (C=O) groups excluding carboxylic acids is 1. The van der Waals surface area contributed by atoms with Crippen LogP contribution in [0.1, 0.15) is 30.0 Å². The van der Waals surface area contributed by atoms with Gasteiger partial charge in [-0.2, -0.15) is 5.10 Å². The van der Waals surface area contributed by atoms with Crippen LogP contribution in [0.5, 0.6) is 0 Å². The SMILES string of the molecule is CCOC(=O)Cn1nc2c(cc1=O)CCCc1ccc(C)cc1-2. The number of fused-ring (bicyclic) bond motifs is 3. The van der Waals surface area contributed by atoms with Gasteiger partial charge in [-0.25, -0.2) is 4.68 Å². The highest BCUT2D eigenvalue weighted by molar-refractivity contribution is 5.70. The standard InChI is InChI=1S/C18H20N2O3/c1-3-23-17(22)11-20-16(21)10-14-6-4-5-13-8-7-12(2)9-15(13)18(14)19-20/h7-10H,3-6,11H2,1-2H3. The van der Waals surface area contributed by atoms with Crippen LogP contribution in [0.15, 0.2) is 29.1 Å². The number of hydrogen-bond acceptors (Lipinski definition) is 4. The summed E-state index contributed by atoms with van der Waals surface area (Å²) in [6.45, 7) is 3.92. The number of aryl methyl sites for hydroxylation is 3. The van der Waals surface area contributed by atoms with Crippen LogP contribution in [0.25, 0.3) is 11.3 Å². The number of aromatic nitrogens is 2. The van der Waals surface area contributed by atoms with Crippen LogP contribution in [0.2, 0.25) is 0 Å². The van der Waals surface area contributed by atoms with E-state index in [1.165, 1.54) is 10.2 Å². The lowest BCUT2D eigenvalue weighted by Crippen LogP contribution is -2.28. The summed E-state index contributed by atoms with van der Waals surface area (Å²) in [5.74, 6) is -0.444. The highest BCUT2D eigenvalue weighted by Crippen LogP contribution is 2.30. The fourth-order valence-electron chi connectivity index (χ4n) is 2.98. The van der Waals surface area contributed by atoms with Crippen molar-refractivity contribution in [3.63, 3.8) is 0 Å². The maximum Gasteiger partial charge on any atom is 0.327 e. The molecule has 1 aliphatic rings. The average Bonchev–Trinajstić information content (AvgIpc) is 2.67. The summed E-state index contributed by atoms with van der Waals surface area (Å²) in [5, 5.41) is 4.48. The Morgan fingerprint density at radius 1 is 1.26 bits per heavy atom. The van der Waals surface area contributed by atoms with Crippen molar-refractivity contribution in [2.45, 2.75) is 39.7 Å². The monoisotopic (exact) mass is 312 g/mol. The first kappa shape index (κ1) is 15.5. The molecular weight excluding hydrogens is 292 g/mol. The number of benzene rings is 1. The molecule has 120 valence electrons. The lowest BCUT2D eigenvalue weighted by atomic mass is 10.00. The van der Waals surface area contributed by atoms with Gasteiger partial charge in [0.05, 0.1) is 12.3 Å². The van der Waals surface area contributed by atoms with Gasteiger partial charge in [-0.1, -0.05) is 17.7 Å². The van der Waals surface area contributed by atoms with Gasteiger partial charge in [0.1, 0.15) is 6.54 Å². The molecule has 23 heavy (non-hydrogen) atoms. The van der Waals surface area contributed by atoms with E-state index in [-0.39, 0.29) is 12.1 Å². The number of carbonyl (C=O) groups is 1. The van der Waals surface area contributed by atoms with E-state index in [2.05, 4.69) is 23.3 Å². The zero-order valence-corrected chi connectivity index (χ0v) is 13.5. The third kappa shape index (κ3) is 3.18. The van der Waals surface area contributed by atoms with E-state index in [0.29, 0.717) is 6.61 Å². The molecule has 0 radical (unpaired) electrons. The van der Waals surface area contributed by atoms with Gasteiger partial charge in [0.15, 0.2) is 0 Å². The predicted octanol–water partition coefficient (Wildman–Crippen LogP) is 2.27. The van der Waals surface area contributed by atoms with E-state index in [4.69, 9.17) is 4.74 Å². The molecule has 2 aromatic rings. The lowest BCUT2D eigenvalue weighted by Gasteiger charge is -2.12. The summed E-state index contributed by atoms with van der Waals surface area (Å²) in [6, 6.07) is 7.94. The quantitative estimate of drug-likeness (QED) is 0.816. The summed E-state index contributed by atoms with van der Waals surface area (Å²) in [5.41, 5.74) is 4.97. The molecule has 1 aromatic carbocycles. The van der Waals surface area contributed by atoms with Gasteiger partial charge in [0.2, 0.25) is 0 Å². The van der Waals surface area contributed by atoms with Crippen molar-refractivity contribution in [1.29, 1.82) is 0 Å². The summed E-state index contributed by atoms with van der Waals surface area (Å²) in [7, 11) is 0. The minimum atomic E-state index is -0.444. The molecule has 0 fully saturated rings. The van der Waals surface area contributed by atoms with Gasteiger partial charge in [-0.3, -0.25) is 9.59 Å². The second-order valence-corrected chi connectivity index (χ2v) is 5.83. The van der Waals surface area contributed by atoms with E-state index < -0.39 is 5.97 Å². The second kappa shape index (κ2) is 6.36. The number of hydrogen-bond donors (Lipinski definition) is 0. The fourth-order valence-corrected chi connectivity index (χ4v) is 2.98. The third-order valence-electron chi connectivity index (χ3n) is 4.07. The molecule has 0 saturated carbocycles. The van der Waals surface area contributed by atoms with Gasteiger partial charge < -0.3 is 4.74 Å². The normalized spacial score (nSPS) is 13.0. The van der Waals surface area contributed by atoms with Crippen molar-refractivity contribution in [1.82, 2.24) is 9.78 Å². The second-order valence-electron chi connectivity index (χ2n) is 5.83. The van der Waals surface area contributed by atoms with Gasteiger partial charge in [0.25, 0.3) is 5.56 Å². The topological polar surface area (TPSA) is 61.2 Å². The molecular formula is C18H20N2O3. The van der Waals surface area contributed by atoms with Crippen molar-refractivity contribution in [2.75, 3.05) is 6.61 Å². The summed E-state index contributed by atoms with van der Waals surface area (Å²) in [4.78, 5) is 23.9. The first-order chi connectivity index (χ1) is 11.1. The van der Waals surface area contributed by atoms with Gasteiger partial charge in [-0.15, -0.1) is 0 Å². The van der Waals surface area contributed by atoms with Crippen molar-refractivity contribution in [2.24, 2.45) is 0 Å². The summed E-state index contributed by atoms with van der Waals surface area (Å²) in [6.07, 6.45) is 2.79. The van der Waals surface area contributed by atoms with Gasteiger partial charge >= 0.3 is 5.97 Å². The maximum absolute atomic E-state index is 12.2. The van der Waals surface area contributed by atoms with E-state index >= 15 is 0 Å². The Balaban J connectivity index is 2.10. The van der Waals surface area contributed by atoms with Crippen molar-refractivity contribution in [3.8, 4) is 11.3 Å². The smallest absolute Gasteiger partial charge is 0.327 e. The Hall–Kier alpha value is -2.43. The van der Waals surface area contributed by atoms with Crippen LogP contribution in [0, 0.1) is 6.92 Å². The lowest BCUT2D eigenvalue weighted by molar-refractivity contribution is -0.144. The van der Waals surface area contributed by atoms with Crippen LogP contribution in [0.3, 0.4) is 0 Å². The molecule has 1 heterocycles.